The maximum Gasteiger partial charge on any atom is 0.407 e. The molecular weight excluding hydrogens is 378 g/mol. The maximum atomic E-state index is 11.1. The van der Waals surface area contributed by atoms with Gasteiger partial charge in [0.2, 0.25) is 5.88 Å². The van der Waals surface area contributed by atoms with Crippen LogP contribution in [0.1, 0.15) is 11.1 Å². The van der Waals surface area contributed by atoms with Crippen molar-refractivity contribution < 1.29 is 19.4 Å². The molecule has 0 aliphatic carbocycles. The zero-order valence-electron chi connectivity index (χ0n) is 13.2. The molecule has 1 aromatic carbocycles. The van der Waals surface area contributed by atoms with Crippen LogP contribution in [0.25, 0.3) is 0 Å². The molecule has 8 heteroatoms. The van der Waals surface area contributed by atoms with Gasteiger partial charge in [-0.3, -0.25) is 0 Å². The second kappa shape index (κ2) is 7.12. The van der Waals surface area contributed by atoms with E-state index in [4.69, 9.17) is 14.6 Å². The number of rotatable bonds is 5. The van der Waals surface area contributed by atoms with E-state index in [1.54, 1.807) is 10.9 Å². The molecule has 2 heterocycles. The summed E-state index contributed by atoms with van der Waals surface area (Å²) < 4.78 is 14.0. The average Bonchev–Trinajstić information content (AvgIpc) is 2.89. The SMILES string of the molecule is Cn1ncc(Br)c1OCCOc1cccc2c1CCN(C(=O)O)C2. The van der Waals surface area contributed by atoms with E-state index in [1.807, 2.05) is 25.2 Å². The number of carbonyl (C=O) groups is 1. The van der Waals surface area contributed by atoms with Crippen molar-refractivity contribution in [2.75, 3.05) is 19.8 Å². The number of aromatic nitrogens is 2. The van der Waals surface area contributed by atoms with Crippen LogP contribution in [0, 0.1) is 0 Å². The van der Waals surface area contributed by atoms with Gasteiger partial charge < -0.3 is 19.5 Å². The Morgan fingerprint density at radius 2 is 2.17 bits per heavy atom. The summed E-state index contributed by atoms with van der Waals surface area (Å²) in [5.41, 5.74) is 2.08. The number of benzene rings is 1. The number of halogens is 1. The Balaban J connectivity index is 1.59. The topological polar surface area (TPSA) is 76.8 Å². The van der Waals surface area contributed by atoms with Gasteiger partial charge in [-0.2, -0.15) is 5.10 Å². The summed E-state index contributed by atoms with van der Waals surface area (Å²) in [4.78, 5) is 12.5. The molecule has 3 rings (SSSR count). The molecule has 0 fully saturated rings. The molecule has 1 aliphatic heterocycles. The predicted molar refractivity (Wildman–Crippen MR) is 90.5 cm³/mol. The van der Waals surface area contributed by atoms with E-state index in [9.17, 15) is 4.79 Å². The lowest BCUT2D eigenvalue weighted by Crippen LogP contribution is -2.34. The zero-order chi connectivity index (χ0) is 17.1. The van der Waals surface area contributed by atoms with Crippen LogP contribution in [0.5, 0.6) is 11.6 Å². The van der Waals surface area contributed by atoms with Gasteiger partial charge in [-0.15, -0.1) is 0 Å². The van der Waals surface area contributed by atoms with Gasteiger partial charge in [-0.25, -0.2) is 9.48 Å². The standard InChI is InChI=1S/C16H18BrN3O4/c1-19-15(13(17)9-18-19)24-8-7-23-14-4-2-3-11-10-20(16(21)22)6-5-12(11)14/h2-4,9H,5-8,10H2,1H3,(H,21,22). The van der Waals surface area contributed by atoms with Crippen molar-refractivity contribution >= 4 is 22.0 Å². The van der Waals surface area contributed by atoms with Crippen LogP contribution in [-0.2, 0) is 20.0 Å². The van der Waals surface area contributed by atoms with Crippen LogP contribution in [0.2, 0.25) is 0 Å². The number of aryl methyl sites for hydroxylation is 1. The Hall–Kier alpha value is -2.22. The molecule has 0 saturated carbocycles. The molecular formula is C16H18BrN3O4. The van der Waals surface area contributed by atoms with E-state index in [0.29, 0.717) is 38.6 Å². The minimum absolute atomic E-state index is 0.392. The number of hydrogen-bond donors (Lipinski definition) is 1. The smallest absolute Gasteiger partial charge is 0.407 e. The molecule has 0 unspecified atom stereocenters. The van der Waals surface area contributed by atoms with Crippen LogP contribution in [0.4, 0.5) is 4.79 Å². The van der Waals surface area contributed by atoms with Gasteiger partial charge in [0.25, 0.3) is 0 Å². The number of carboxylic acid groups (broad SMARTS) is 1. The van der Waals surface area contributed by atoms with Crippen molar-refractivity contribution in [3.05, 3.63) is 40.0 Å². The fraction of sp³-hybridized carbons (Fsp3) is 0.375. The van der Waals surface area contributed by atoms with Crippen LogP contribution in [0.15, 0.2) is 28.9 Å². The van der Waals surface area contributed by atoms with Crippen molar-refractivity contribution in [2.24, 2.45) is 7.05 Å². The summed E-state index contributed by atoms with van der Waals surface area (Å²) in [6.07, 6.45) is 1.45. The molecule has 0 atom stereocenters. The fourth-order valence-corrected chi connectivity index (χ4v) is 3.19. The summed E-state index contributed by atoms with van der Waals surface area (Å²) in [5, 5.41) is 13.2. The van der Waals surface area contributed by atoms with Crippen LogP contribution in [0.3, 0.4) is 0 Å². The van der Waals surface area contributed by atoms with Gasteiger partial charge in [0.15, 0.2) is 0 Å². The van der Waals surface area contributed by atoms with E-state index >= 15 is 0 Å². The Kier molecular flexibility index (Phi) is 4.94. The van der Waals surface area contributed by atoms with Gasteiger partial charge in [-0.1, -0.05) is 12.1 Å². The largest absolute Gasteiger partial charge is 0.490 e. The van der Waals surface area contributed by atoms with Crippen LogP contribution >= 0.6 is 15.9 Å². The Morgan fingerprint density at radius 3 is 2.88 bits per heavy atom. The third-order valence-corrected chi connectivity index (χ3v) is 4.46. The molecule has 0 bridgehead atoms. The molecule has 7 nitrogen and oxygen atoms in total. The molecule has 0 saturated heterocycles. The number of fused-ring (bicyclic) bond motifs is 1. The lowest BCUT2D eigenvalue weighted by Gasteiger charge is -2.27. The minimum Gasteiger partial charge on any atom is -0.490 e. The van der Waals surface area contributed by atoms with Gasteiger partial charge in [0.05, 0.1) is 10.7 Å². The highest BCUT2D eigenvalue weighted by Crippen LogP contribution is 2.28. The first kappa shape index (κ1) is 16.6. The van der Waals surface area contributed by atoms with Crippen molar-refractivity contribution in [3.8, 4) is 11.6 Å². The average molecular weight is 396 g/mol. The van der Waals surface area contributed by atoms with Crippen molar-refractivity contribution in [2.45, 2.75) is 13.0 Å². The first-order valence-electron chi connectivity index (χ1n) is 7.58. The Labute approximate surface area is 147 Å². The summed E-state index contributed by atoms with van der Waals surface area (Å²) in [7, 11) is 1.81. The number of hydrogen-bond acceptors (Lipinski definition) is 4. The van der Waals surface area contributed by atoms with E-state index in [2.05, 4.69) is 21.0 Å². The normalized spacial score (nSPS) is 13.5. The third kappa shape index (κ3) is 3.48. The van der Waals surface area contributed by atoms with E-state index in [0.717, 1.165) is 21.3 Å². The lowest BCUT2D eigenvalue weighted by molar-refractivity contribution is 0.139. The van der Waals surface area contributed by atoms with Gasteiger partial charge in [0.1, 0.15) is 19.0 Å². The van der Waals surface area contributed by atoms with Crippen molar-refractivity contribution in [1.29, 1.82) is 0 Å². The molecule has 0 radical (unpaired) electrons. The first-order chi connectivity index (χ1) is 11.6. The van der Waals surface area contributed by atoms with Gasteiger partial charge in [-0.05, 0) is 34.0 Å². The molecule has 24 heavy (non-hydrogen) atoms. The first-order valence-corrected chi connectivity index (χ1v) is 8.37. The number of amides is 1. The molecule has 1 amide bonds. The van der Waals surface area contributed by atoms with E-state index in [1.165, 1.54) is 4.90 Å². The number of nitrogens with zero attached hydrogens (tertiary/aromatic N) is 3. The fourth-order valence-electron chi connectivity index (χ4n) is 2.72. The lowest BCUT2D eigenvalue weighted by atomic mass is 9.99. The summed E-state index contributed by atoms with van der Waals surface area (Å²) in [5.74, 6) is 1.45. The molecule has 1 aromatic heterocycles. The highest BCUT2D eigenvalue weighted by Gasteiger charge is 2.22. The monoisotopic (exact) mass is 395 g/mol. The predicted octanol–water partition coefficient (Wildman–Crippen LogP) is 2.68. The molecule has 128 valence electrons. The van der Waals surface area contributed by atoms with E-state index in [-0.39, 0.29) is 0 Å². The Bertz CT molecular complexity index is 727. The third-order valence-electron chi connectivity index (χ3n) is 3.92. The second-order valence-electron chi connectivity index (χ2n) is 5.47. The minimum atomic E-state index is -0.887. The zero-order valence-corrected chi connectivity index (χ0v) is 14.8. The quantitative estimate of drug-likeness (QED) is 0.787. The highest BCUT2D eigenvalue weighted by molar-refractivity contribution is 9.10. The number of ether oxygens (including phenoxy) is 2. The molecule has 2 aromatic rings. The van der Waals surface area contributed by atoms with Gasteiger partial charge in [0, 0.05) is 25.7 Å². The van der Waals surface area contributed by atoms with Gasteiger partial charge >= 0.3 is 6.09 Å². The maximum absolute atomic E-state index is 11.1. The molecule has 0 spiro atoms. The molecule has 1 aliphatic rings. The summed E-state index contributed by atoms with van der Waals surface area (Å²) in [6, 6.07) is 5.74. The highest BCUT2D eigenvalue weighted by atomic mass is 79.9. The van der Waals surface area contributed by atoms with E-state index < -0.39 is 6.09 Å². The summed E-state index contributed by atoms with van der Waals surface area (Å²) in [6.45, 7) is 1.68. The van der Waals surface area contributed by atoms with Crippen LogP contribution in [-0.4, -0.2) is 45.6 Å². The Morgan fingerprint density at radius 1 is 1.38 bits per heavy atom. The van der Waals surface area contributed by atoms with Crippen LogP contribution < -0.4 is 9.47 Å². The van der Waals surface area contributed by atoms with Crippen molar-refractivity contribution in [1.82, 2.24) is 14.7 Å². The molecule has 1 N–H and O–H groups in total. The second-order valence-corrected chi connectivity index (χ2v) is 6.32. The summed E-state index contributed by atoms with van der Waals surface area (Å²) >= 11 is 3.38. The van der Waals surface area contributed by atoms with Crippen molar-refractivity contribution in [3.63, 3.8) is 0 Å².